The molecule has 9 nitrogen and oxygen atoms in total. The van der Waals surface area contributed by atoms with Crippen LogP contribution >= 0.6 is 11.8 Å². The zero-order valence-corrected chi connectivity index (χ0v) is 18.4. The van der Waals surface area contributed by atoms with Gasteiger partial charge in [0.05, 0.1) is 0 Å². The molecule has 10 heteroatoms. The fourth-order valence-electron chi connectivity index (χ4n) is 3.47. The third kappa shape index (κ3) is 4.15. The lowest BCUT2D eigenvalue weighted by Crippen LogP contribution is -2.43. The van der Waals surface area contributed by atoms with E-state index in [0.29, 0.717) is 17.8 Å². The molecule has 0 atom stereocenters. The van der Waals surface area contributed by atoms with E-state index in [2.05, 4.69) is 44.1 Å². The number of rotatable bonds is 9. The van der Waals surface area contributed by atoms with E-state index >= 15 is 0 Å². The fraction of sp³-hybridized carbons (Fsp3) is 0.333. The number of H-pyrrole nitrogens is 1. The van der Waals surface area contributed by atoms with Crippen LogP contribution in [0.1, 0.15) is 29.7 Å². The van der Waals surface area contributed by atoms with E-state index in [9.17, 15) is 4.79 Å². The van der Waals surface area contributed by atoms with Crippen molar-refractivity contribution in [2.24, 2.45) is 0 Å². The van der Waals surface area contributed by atoms with Gasteiger partial charge in [-0.2, -0.15) is 11.8 Å². The molecule has 0 unspecified atom stereocenters. The molecular weight excluding hydrogens is 414 g/mol. The van der Waals surface area contributed by atoms with E-state index in [1.165, 1.54) is 0 Å². The maximum atomic E-state index is 12.9. The zero-order valence-electron chi connectivity index (χ0n) is 17.6. The third-order valence-electron chi connectivity index (χ3n) is 4.91. The number of aromatic nitrogens is 5. The van der Waals surface area contributed by atoms with E-state index in [4.69, 9.17) is 10.6 Å². The van der Waals surface area contributed by atoms with Crippen molar-refractivity contribution in [1.29, 1.82) is 0 Å². The number of carbonyl (C=O) groups excluding carboxylic acids is 1. The van der Waals surface area contributed by atoms with Crippen LogP contribution in [0.4, 0.5) is 5.82 Å². The first-order chi connectivity index (χ1) is 15.1. The molecule has 0 aliphatic carbocycles. The molecule has 3 aromatic heterocycles. The molecule has 0 aliphatic heterocycles. The Balaban J connectivity index is 1.67. The summed E-state index contributed by atoms with van der Waals surface area (Å²) < 4.78 is 4.01. The second-order valence-corrected chi connectivity index (χ2v) is 8.01. The highest BCUT2D eigenvalue weighted by Gasteiger charge is 2.27. The largest absolute Gasteiger partial charge is 0.382 e. The topological polar surface area (TPSA) is 115 Å². The first-order valence-electron chi connectivity index (χ1n) is 10.2. The van der Waals surface area contributed by atoms with Gasteiger partial charge in [-0.25, -0.2) is 14.5 Å². The van der Waals surface area contributed by atoms with Gasteiger partial charge < -0.3 is 20.9 Å². The first-order valence-corrected chi connectivity index (χ1v) is 11.6. The monoisotopic (exact) mass is 440 g/mol. The van der Waals surface area contributed by atoms with Crippen LogP contribution in [0.3, 0.4) is 0 Å². The summed E-state index contributed by atoms with van der Waals surface area (Å²) >= 11 is 1.77. The molecule has 3 heterocycles. The molecule has 0 bridgehead atoms. The molecule has 0 spiro atoms. The lowest BCUT2D eigenvalue weighted by Gasteiger charge is -2.08. The number of hydrogen-bond donors (Lipinski definition) is 3. The number of thioether (sulfide) groups is 1. The average Bonchev–Trinajstić information content (AvgIpc) is 3.35. The molecule has 0 saturated heterocycles. The summed E-state index contributed by atoms with van der Waals surface area (Å²) in [6.07, 6.45) is 4.67. The third-order valence-corrected chi connectivity index (χ3v) is 5.50. The minimum absolute atomic E-state index is 0.0884. The van der Waals surface area contributed by atoms with Gasteiger partial charge in [0.25, 0.3) is 5.91 Å². The fourth-order valence-corrected chi connectivity index (χ4v) is 3.84. The van der Waals surface area contributed by atoms with Gasteiger partial charge in [-0.15, -0.1) is 0 Å². The summed E-state index contributed by atoms with van der Waals surface area (Å²) in [6, 6.07) is 9.83. The Hall–Kier alpha value is -3.27. The van der Waals surface area contributed by atoms with Gasteiger partial charge in [-0.3, -0.25) is 4.79 Å². The number of nitrogens with one attached hydrogen (secondary N) is 2. The van der Waals surface area contributed by atoms with Crippen LogP contribution in [0.15, 0.2) is 36.5 Å². The van der Waals surface area contributed by atoms with Gasteiger partial charge in [0, 0.05) is 11.9 Å². The second kappa shape index (κ2) is 9.25. The van der Waals surface area contributed by atoms with Crippen LogP contribution in [0.25, 0.3) is 22.2 Å². The first kappa shape index (κ1) is 21.0. The normalized spacial score (nSPS) is 11.3. The number of nitrogens with two attached hydrogens (primary N) is 1. The van der Waals surface area contributed by atoms with E-state index in [0.717, 1.165) is 35.6 Å². The number of aryl methyl sites for hydroxylation is 1. The smallest absolute Gasteiger partial charge is 0.317 e. The van der Waals surface area contributed by atoms with Crippen molar-refractivity contribution >= 4 is 45.7 Å². The molecule has 0 fully saturated rings. The number of aromatic amines is 1. The van der Waals surface area contributed by atoms with Gasteiger partial charge in [-0.1, -0.05) is 19.1 Å². The lowest BCUT2D eigenvalue weighted by molar-refractivity contribution is -0.676. The average molecular weight is 441 g/mol. The Labute approximate surface area is 184 Å². The van der Waals surface area contributed by atoms with Crippen LogP contribution < -0.4 is 20.5 Å². The Kier molecular flexibility index (Phi) is 6.26. The Morgan fingerprint density at radius 3 is 2.97 bits per heavy atom. The molecule has 1 aromatic carbocycles. The summed E-state index contributed by atoms with van der Waals surface area (Å²) in [5, 5.41) is 2.95. The molecule has 4 rings (SSSR count). The van der Waals surface area contributed by atoms with Crippen molar-refractivity contribution < 1.29 is 14.2 Å². The number of para-hydroxylation sites is 2. The van der Waals surface area contributed by atoms with Crippen LogP contribution in [0, 0.1) is 0 Å². The highest BCUT2D eigenvalue weighted by Crippen LogP contribution is 2.16. The number of hydrogen-bond acceptors (Lipinski definition) is 6. The minimum atomic E-state index is -0.378. The van der Waals surface area contributed by atoms with E-state index < -0.39 is 0 Å². The summed E-state index contributed by atoms with van der Waals surface area (Å²) in [6.45, 7) is 3.70. The van der Waals surface area contributed by atoms with E-state index in [1.54, 1.807) is 24.0 Å². The minimum Gasteiger partial charge on any atom is -0.382 e. The Morgan fingerprint density at radius 2 is 2.16 bits per heavy atom. The van der Waals surface area contributed by atoms with Crippen molar-refractivity contribution in [1.82, 2.24) is 25.0 Å². The molecular formula is C21H26N7O2S+. The van der Waals surface area contributed by atoms with Crippen LogP contribution in [0.2, 0.25) is 0 Å². The number of nitrogens with zero attached hydrogens (tertiary/aromatic N) is 4. The van der Waals surface area contributed by atoms with E-state index in [1.807, 2.05) is 22.9 Å². The summed E-state index contributed by atoms with van der Waals surface area (Å²) in [5.41, 5.74) is 9.26. The predicted molar refractivity (Wildman–Crippen MR) is 122 cm³/mol. The Bertz CT molecular complexity index is 1170. The number of anilines is 1. The van der Waals surface area contributed by atoms with Crippen LogP contribution in [-0.2, 0) is 13.1 Å². The van der Waals surface area contributed by atoms with Gasteiger partial charge in [0.2, 0.25) is 5.52 Å². The Morgan fingerprint density at radius 1 is 1.32 bits per heavy atom. The van der Waals surface area contributed by atoms with Gasteiger partial charge >= 0.3 is 5.82 Å². The van der Waals surface area contributed by atoms with E-state index in [-0.39, 0.29) is 24.0 Å². The highest BCUT2D eigenvalue weighted by atomic mass is 32.2. The van der Waals surface area contributed by atoms with Crippen molar-refractivity contribution in [3.8, 4) is 0 Å². The number of fused-ring (bicyclic) bond motifs is 2. The van der Waals surface area contributed by atoms with Crippen molar-refractivity contribution in [2.75, 3.05) is 24.3 Å². The number of amides is 1. The maximum absolute atomic E-state index is 12.9. The van der Waals surface area contributed by atoms with Gasteiger partial charge in [0.15, 0.2) is 22.7 Å². The molecule has 0 saturated carbocycles. The maximum Gasteiger partial charge on any atom is 0.317 e. The highest BCUT2D eigenvalue weighted by molar-refractivity contribution is 7.98. The van der Waals surface area contributed by atoms with Crippen molar-refractivity contribution in [2.45, 2.75) is 26.4 Å². The van der Waals surface area contributed by atoms with Gasteiger partial charge in [0.1, 0.15) is 25.2 Å². The summed E-state index contributed by atoms with van der Waals surface area (Å²) in [4.78, 5) is 30.5. The molecule has 31 heavy (non-hydrogen) atoms. The predicted octanol–water partition coefficient (Wildman–Crippen LogP) is 1.91. The standard InChI is InChI=1S/C21H25N7O2S/c1-3-11-30-28-16-7-5-4-6-15(16)27(10-12-31-2)17(28)13-24-21(29)18-19(22)26-20-14(25-18)8-9-23-20/h4-9H,3,10-13H2,1-2H3,(H3-,22,23,24,25,26,29)/p+1. The van der Waals surface area contributed by atoms with Gasteiger partial charge in [-0.05, 0) is 35.6 Å². The molecule has 162 valence electrons. The molecule has 4 aromatic rings. The molecule has 0 aliphatic rings. The molecule has 4 N–H and O–H groups in total. The number of benzene rings is 1. The summed E-state index contributed by atoms with van der Waals surface area (Å²) in [5.74, 6) is 1.50. The van der Waals surface area contributed by atoms with Crippen LogP contribution in [0.5, 0.6) is 0 Å². The SMILES string of the molecule is CCCOn1c(CNC(=O)c2nc3cc[nH]c3nc2N)[n+](CCSC)c2ccccc21. The van der Waals surface area contributed by atoms with Crippen molar-refractivity contribution in [3.63, 3.8) is 0 Å². The molecule has 0 radical (unpaired) electrons. The van der Waals surface area contributed by atoms with Crippen molar-refractivity contribution in [3.05, 3.63) is 48.0 Å². The number of imidazole rings is 1. The summed E-state index contributed by atoms with van der Waals surface area (Å²) in [7, 11) is 0. The van der Waals surface area contributed by atoms with Crippen LogP contribution in [-0.4, -0.2) is 44.2 Å². The number of nitrogen functional groups attached to an aromatic ring is 1. The lowest BCUT2D eigenvalue weighted by atomic mass is 10.3. The second-order valence-electron chi connectivity index (χ2n) is 7.03. The quantitative estimate of drug-likeness (QED) is 0.343. The molecule has 1 amide bonds. The zero-order chi connectivity index (χ0) is 21.8. The number of carbonyl (C=O) groups is 1.